The molecule has 0 heteroatoms. The van der Waals surface area contributed by atoms with E-state index in [1.54, 1.807) is 0 Å². The highest BCUT2D eigenvalue weighted by Crippen LogP contribution is 2.37. The highest BCUT2D eigenvalue weighted by atomic mass is 14.3. The van der Waals surface area contributed by atoms with Gasteiger partial charge in [0, 0.05) is 0 Å². The highest BCUT2D eigenvalue weighted by Gasteiger charge is 2.23. The van der Waals surface area contributed by atoms with Crippen molar-refractivity contribution in [1.29, 1.82) is 0 Å². The van der Waals surface area contributed by atoms with Crippen LogP contribution in [-0.2, 0) is 6.42 Å². The Morgan fingerprint density at radius 3 is 3.08 bits per heavy atom. The maximum absolute atomic E-state index is 7.78. The van der Waals surface area contributed by atoms with Crippen LogP contribution in [0.4, 0.5) is 0 Å². The number of fused-ring (bicyclic) bond motifs is 1. The Morgan fingerprint density at radius 2 is 2.33 bits per heavy atom. The van der Waals surface area contributed by atoms with Gasteiger partial charge in [-0.05, 0) is 35.8 Å². The summed E-state index contributed by atoms with van der Waals surface area (Å²) >= 11 is 0. The van der Waals surface area contributed by atoms with Gasteiger partial charge in [0.2, 0.25) is 0 Å². The molecule has 12 heavy (non-hydrogen) atoms. The second kappa shape index (κ2) is 2.93. The third-order valence-corrected chi connectivity index (χ3v) is 2.89. The standard InChI is InChI=1S/C12H16/c1-9(2)11-8-7-10-5-3-4-6-12(10)11/h3-6,9,11H,7-8H2,1-2H3/i5T. The van der Waals surface area contributed by atoms with Gasteiger partial charge in [-0.1, -0.05) is 38.1 Å². The predicted molar refractivity (Wildman–Crippen MR) is 52.3 cm³/mol. The number of hydrogen-bond acceptors (Lipinski definition) is 0. The molecule has 0 aliphatic heterocycles. The molecule has 0 radical (unpaired) electrons. The van der Waals surface area contributed by atoms with Gasteiger partial charge in [-0.2, -0.15) is 0 Å². The molecule has 1 unspecified atom stereocenters. The lowest BCUT2D eigenvalue weighted by atomic mass is 9.90. The molecule has 1 atom stereocenters. The second-order valence-electron chi connectivity index (χ2n) is 3.99. The fourth-order valence-corrected chi connectivity index (χ4v) is 2.20. The minimum absolute atomic E-state index is 0.695. The Balaban J connectivity index is 2.43. The summed E-state index contributed by atoms with van der Waals surface area (Å²) < 4.78 is 7.78. The molecule has 1 aromatic rings. The van der Waals surface area contributed by atoms with Crippen molar-refractivity contribution in [2.75, 3.05) is 0 Å². The molecule has 1 aromatic carbocycles. The SMILES string of the molecule is [3H]c1cccc2c1CCC2C(C)C. The summed E-state index contributed by atoms with van der Waals surface area (Å²) in [4.78, 5) is 0. The summed E-state index contributed by atoms with van der Waals surface area (Å²) in [6.45, 7) is 4.55. The molecule has 0 spiro atoms. The van der Waals surface area contributed by atoms with E-state index >= 15 is 0 Å². The van der Waals surface area contributed by atoms with Crippen molar-refractivity contribution in [3.8, 4) is 0 Å². The Labute approximate surface area is 76.0 Å². The van der Waals surface area contributed by atoms with Crippen LogP contribution < -0.4 is 0 Å². The fraction of sp³-hybridized carbons (Fsp3) is 0.500. The quantitative estimate of drug-likeness (QED) is 0.594. The van der Waals surface area contributed by atoms with Gasteiger partial charge in [0.1, 0.15) is 0 Å². The first-order chi connectivity index (χ1) is 6.20. The maximum atomic E-state index is 7.78. The van der Waals surface area contributed by atoms with Gasteiger partial charge in [0.15, 0.2) is 0 Å². The molecule has 0 amide bonds. The maximum Gasteiger partial charge on any atom is 0.0626 e. The van der Waals surface area contributed by atoms with Gasteiger partial charge >= 0.3 is 0 Å². The van der Waals surface area contributed by atoms with E-state index in [0.717, 1.165) is 12.5 Å². The summed E-state index contributed by atoms with van der Waals surface area (Å²) in [5.74, 6) is 1.41. The second-order valence-corrected chi connectivity index (χ2v) is 3.99. The van der Waals surface area contributed by atoms with Crippen LogP contribution in [0.25, 0.3) is 0 Å². The molecule has 0 saturated heterocycles. The van der Waals surface area contributed by atoms with E-state index in [9.17, 15) is 0 Å². The molecule has 0 aromatic heterocycles. The Bertz CT molecular complexity index is 315. The third-order valence-electron chi connectivity index (χ3n) is 2.89. The zero-order valence-corrected chi connectivity index (χ0v) is 7.80. The van der Waals surface area contributed by atoms with Gasteiger partial charge in [-0.25, -0.2) is 0 Å². The molecule has 0 heterocycles. The zero-order chi connectivity index (χ0) is 9.42. The molecule has 0 fully saturated rings. The molecule has 2 rings (SSSR count). The molecular weight excluding hydrogens is 144 g/mol. The summed E-state index contributed by atoms with van der Waals surface area (Å²) in [6.07, 6.45) is 2.35. The topological polar surface area (TPSA) is 0 Å². The van der Waals surface area contributed by atoms with Gasteiger partial charge in [0.25, 0.3) is 0 Å². The monoisotopic (exact) mass is 162 g/mol. The van der Waals surface area contributed by atoms with E-state index in [1.807, 2.05) is 12.1 Å². The van der Waals surface area contributed by atoms with Crippen LogP contribution in [0.5, 0.6) is 0 Å². The minimum Gasteiger partial charge on any atom is -0.0622 e. The molecular formula is C12H16. The van der Waals surface area contributed by atoms with Crippen LogP contribution in [0.2, 0.25) is 0 Å². The molecule has 0 N–H and O–H groups in total. The molecule has 64 valence electrons. The molecule has 0 saturated carbocycles. The normalized spacial score (nSPS) is 22.6. The fourth-order valence-electron chi connectivity index (χ4n) is 2.20. The van der Waals surface area contributed by atoms with Crippen molar-refractivity contribution in [2.24, 2.45) is 5.92 Å². The molecule has 0 bridgehead atoms. The first kappa shape index (κ1) is 6.71. The van der Waals surface area contributed by atoms with Gasteiger partial charge in [0.05, 0.1) is 1.37 Å². The van der Waals surface area contributed by atoms with E-state index in [4.69, 9.17) is 1.37 Å². The van der Waals surface area contributed by atoms with Crippen LogP contribution in [0.3, 0.4) is 0 Å². The Morgan fingerprint density at radius 1 is 1.50 bits per heavy atom. The first-order valence-electron chi connectivity index (χ1n) is 5.28. The van der Waals surface area contributed by atoms with Crippen molar-refractivity contribution >= 4 is 0 Å². The molecule has 1 aliphatic carbocycles. The van der Waals surface area contributed by atoms with E-state index in [0.29, 0.717) is 11.8 Å². The average Bonchev–Trinajstić information content (AvgIpc) is 2.48. The summed E-state index contributed by atoms with van der Waals surface area (Å²) in [5, 5.41) is 0. The third kappa shape index (κ3) is 1.16. The van der Waals surface area contributed by atoms with Crippen molar-refractivity contribution in [3.05, 3.63) is 35.4 Å². The smallest absolute Gasteiger partial charge is 0.0622 e. The average molecular weight is 162 g/mol. The van der Waals surface area contributed by atoms with Gasteiger partial charge in [-0.3, -0.25) is 0 Å². The van der Waals surface area contributed by atoms with Crippen LogP contribution in [0.1, 0.15) is 38.7 Å². The van der Waals surface area contributed by atoms with Crippen molar-refractivity contribution in [2.45, 2.75) is 32.6 Å². The van der Waals surface area contributed by atoms with Crippen molar-refractivity contribution in [3.63, 3.8) is 0 Å². The lowest BCUT2D eigenvalue weighted by molar-refractivity contribution is 0.496. The van der Waals surface area contributed by atoms with Crippen LogP contribution in [0.15, 0.2) is 24.2 Å². The number of benzene rings is 1. The zero-order valence-electron chi connectivity index (χ0n) is 8.80. The Hall–Kier alpha value is -0.780. The van der Waals surface area contributed by atoms with E-state index < -0.39 is 0 Å². The van der Waals surface area contributed by atoms with Crippen molar-refractivity contribution in [1.82, 2.24) is 0 Å². The van der Waals surface area contributed by atoms with E-state index in [1.165, 1.54) is 17.5 Å². The van der Waals surface area contributed by atoms with Crippen LogP contribution >= 0.6 is 0 Å². The summed E-state index contributed by atoms with van der Waals surface area (Å²) in [7, 11) is 0. The predicted octanol–water partition coefficient (Wildman–Crippen LogP) is 3.37. The Kier molecular flexibility index (Phi) is 1.64. The lowest BCUT2D eigenvalue weighted by Crippen LogP contribution is -2.01. The summed E-state index contributed by atoms with van der Waals surface area (Å²) in [6, 6.07) is 6.86. The van der Waals surface area contributed by atoms with E-state index in [2.05, 4.69) is 19.9 Å². The van der Waals surface area contributed by atoms with Crippen LogP contribution in [0, 0.1) is 5.92 Å². The lowest BCUT2D eigenvalue weighted by Gasteiger charge is -2.14. The number of hydrogen-bond donors (Lipinski definition) is 0. The first-order valence-corrected chi connectivity index (χ1v) is 4.78. The summed E-state index contributed by atoms with van der Waals surface area (Å²) in [5.41, 5.74) is 2.73. The highest BCUT2D eigenvalue weighted by molar-refractivity contribution is 5.34. The minimum atomic E-state index is 0.695. The van der Waals surface area contributed by atoms with E-state index in [-0.39, 0.29) is 0 Å². The van der Waals surface area contributed by atoms with Crippen molar-refractivity contribution < 1.29 is 1.37 Å². The van der Waals surface area contributed by atoms with Crippen LogP contribution in [-0.4, -0.2) is 0 Å². The molecule has 0 nitrogen and oxygen atoms in total. The van der Waals surface area contributed by atoms with Gasteiger partial charge < -0.3 is 0 Å². The molecule has 1 aliphatic rings. The van der Waals surface area contributed by atoms with Gasteiger partial charge in [-0.15, -0.1) is 0 Å². The number of rotatable bonds is 1. The largest absolute Gasteiger partial charge is 0.0626 e.